The minimum Gasteiger partial charge on any atom is -0.313 e. The molecule has 154 valence electrons. The van der Waals surface area contributed by atoms with E-state index in [1.165, 1.54) is 12.1 Å². The van der Waals surface area contributed by atoms with Gasteiger partial charge in [-0.3, -0.25) is 9.48 Å². The molecule has 0 unspecified atom stereocenters. The second-order valence-corrected chi connectivity index (χ2v) is 7.88. The maximum Gasteiger partial charge on any atom is 0.212 e. The number of fused-ring (bicyclic) bond motifs is 1. The summed E-state index contributed by atoms with van der Waals surface area (Å²) in [5.41, 5.74) is 3.99. The zero-order valence-electron chi connectivity index (χ0n) is 16.6. The van der Waals surface area contributed by atoms with E-state index in [0.29, 0.717) is 24.3 Å². The summed E-state index contributed by atoms with van der Waals surface area (Å²) in [5.74, 6) is 0.110. The zero-order chi connectivity index (χ0) is 21.4. The van der Waals surface area contributed by atoms with Gasteiger partial charge in [-0.2, -0.15) is 5.10 Å². The summed E-state index contributed by atoms with van der Waals surface area (Å²) in [5, 5.41) is 7.91. The van der Waals surface area contributed by atoms with Gasteiger partial charge in [0.2, 0.25) is 6.41 Å². The highest BCUT2D eigenvalue weighted by atomic mass is 19.1. The van der Waals surface area contributed by atoms with Crippen LogP contribution in [0.3, 0.4) is 0 Å². The van der Waals surface area contributed by atoms with E-state index in [1.54, 1.807) is 24.4 Å². The van der Waals surface area contributed by atoms with Crippen LogP contribution >= 0.6 is 0 Å². The summed E-state index contributed by atoms with van der Waals surface area (Å²) in [6, 6.07) is 13.9. The van der Waals surface area contributed by atoms with Gasteiger partial charge in [-0.1, -0.05) is 24.3 Å². The Labute approximate surface area is 177 Å². The predicted octanol–water partition coefficient (Wildman–Crippen LogP) is 4.08. The maximum atomic E-state index is 13.4. The number of carbonyl (C=O) groups is 2. The molecule has 0 bridgehead atoms. The minimum atomic E-state index is -0.345. The van der Waals surface area contributed by atoms with E-state index in [-0.39, 0.29) is 11.2 Å². The van der Waals surface area contributed by atoms with Gasteiger partial charge in [-0.25, -0.2) is 9.37 Å². The Bertz CT molecular complexity index is 1290. The van der Waals surface area contributed by atoms with Crippen LogP contribution in [0.1, 0.15) is 24.0 Å². The highest BCUT2D eigenvalue weighted by Gasteiger charge is 2.45. The molecule has 1 amide bonds. The number of aldehydes is 1. The first-order valence-corrected chi connectivity index (χ1v) is 9.99. The number of nitrogens with zero attached hydrogens (tertiary/aromatic N) is 3. The lowest BCUT2D eigenvalue weighted by atomic mass is 9.99. The van der Waals surface area contributed by atoms with Crippen LogP contribution in [0.15, 0.2) is 60.9 Å². The van der Waals surface area contributed by atoms with Gasteiger partial charge in [0.05, 0.1) is 23.7 Å². The molecule has 31 heavy (non-hydrogen) atoms. The van der Waals surface area contributed by atoms with Crippen LogP contribution in [0, 0.1) is 5.82 Å². The topological polar surface area (TPSA) is 76.9 Å². The van der Waals surface area contributed by atoms with Crippen molar-refractivity contribution in [3.8, 4) is 11.1 Å². The second kappa shape index (κ2) is 7.43. The molecular formula is C24H19FN4O2. The minimum absolute atomic E-state index is 0.309. The molecule has 1 N–H and O–H groups in total. The number of rotatable bonds is 7. The van der Waals surface area contributed by atoms with Crippen molar-refractivity contribution >= 4 is 29.4 Å². The number of amides is 1. The number of hydrogen-bond acceptors (Lipinski definition) is 4. The highest BCUT2D eigenvalue weighted by Crippen LogP contribution is 2.46. The fourth-order valence-electron chi connectivity index (χ4n) is 3.88. The van der Waals surface area contributed by atoms with Crippen molar-refractivity contribution in [2.75, 3.05) is 5.32 Å². The number of nitrogens with one attached hydrogen (secondary N) is 1. The van der Waals surface area contributed by atoms with Crippen LogP contribution in [0.25, 0.3) is 22.0 Å². The van der Waals surface area contributed by atoms with Crippen molar-refractivity contribution < 1.29 is 14.0 Å². The van der Waals surface area contributed by atoms with Crippen LogP contribution < -0.4 is 5.32 Å². The summed E-state index contributed by atoms with van der Waals surface area (Å²) in [7, 11) is 0. The van der Waals surface area contributed by atoms with Gasteiger partial charge in [-0.15, -0.1) is 0 Å². The van der Waals surface area contributed by atoms with Crippen molar-refractivity contribution in [3.63, 3.8) is 0 Å². The molecule has 0 aliphatic heterocycles. The van der Waals surface area contributed by atoms with Gasteiger partial charge in [0.25, 0.3) is 0 Å². The van der Waals surface area contributed by atoms with Crippen LogP contribution in [-0.4, -0.2) is 27.5 Å². The summed E-state index contributed by atoms with van der Waals surface area (Å²) in [4.78, 5) is 26.9. The molecular weight excluding hydrogens is 395 g/mol. The van der Waals surface area contributed by atoms with Crippen LogP contribution in [0.2, 0.25) is 0 Å². The lowest BCUT2D eigenvalue weighted by molar-refractivity contribution is -0.110. The Kier molecular flexibility index (Phi) is 4.58. The van der Waals surface area contributed by atoms with Crippen molar-refractivity contribution in [1.29, 1.82) is 0 Å². The second-order valence-electron chi connectivity index (χ2n) is 7.88. The van der Waals surface area contributed by atoms with Crippen molar-refractivity contribution in [2.45, 2.75) is 24.8 Å². The molecule has 0 saturated heterocycles. The number of halogens is 1. The first kappa shape index (κ1) is 19.1. The van der Waals surface area contributed by atoms with E-state index in [9.17, 15) is 14.0 Å². The average Bonchev–Trinajstić information content (AvgIpc) is 3.45. The third-order valence-electron chi connectivity index (χ3n) is 5.80. The molecule has 0 radical (unpaired) electrons. The van der Waals surface area contributed by atoms with Gasteiger partial charge in [0.1, 0.15) is 17.9 Å². The fraction of sp³-hybridized carbons (Fsp3) is 0.167. The molecule has 1 fully saturated rings. The smallest absolute Gasteiger partial charge is 0.212 e. The molecule has 4 aromatic rings. The van der Waals surface area contributed by atoms with E-state index in [1.807, 2.05) is 29.1 Å². The summed E-state index contributed by atoms with van der Waals surface area (Å²) in [6.45, 7) is 0.532. The number of carbonyl (C=O) groups excluding carboxylic acids is 2. The van der Waals surface area contributed by atoms with Crippen molar-refractivity contribution in [1.82, 2.24) is 14.8 Å². The van der Waals surface area contributed by atoms with Gasteiger partial charge < -0.3 is 10.1 Å². The highest BCUT2D eigenvalue weighted by molar-refractivity contribution is 5.97. The Morgan fingerprint density at radius 3 is 2.61 bits per heavy atom. The van der Waals surface area contributed by atoms with Gasteiger partial charge in [-0.05, 0) is 53.8 Å². The number of aromatic nitrogens is 3. The lowest BCUT2D eigenvalue weighted by Gasteiger charge is -2.11. The standard InChI is InChI=1S/C24H19FN4O2/c25-19-4-2-17(3-5-19)21-10-23(26-15-31)28-22-9-16(1-6-20(21)22)12-29-13-18(11-27-29)24(14-30)7-8-24/h1-6,9-11,13-15H,7-8,12H2,(H,26,28,31). The predicted molar refractivity (Wildman–Crippen MR) is 115 cm³/mol. The molecule has 5 rings (SSSR count). The first-order chi connectivity index (χ1) is 15.1. The molecule has 2 heterocycles. The monoisotopic (exact) mass is 414 g/mol. The van der Waals surface area contributed by atoms with Crippen molar-refractivity contribution in [3.05, 3.63) is 77.9 Å². The molecule has 1 aliphatic rings. The van der Waals surface area contributed by atoms with Gasteiger partial charge in [0, 0.05) is 17.1 Å². The Morgan fingerprint density at radius 1 is 1.10 bits per heavy atom. The molecule has 1 aliphatic carbocycles. The van der Waals surface area contributed by atoms with Crippen LogP contribution in [0.5, 0.6) is 0 Å². The number of hydrogen-bond donors (Lipinski definition) is 1. The summed E-state index contributed by atoms with van der Waals surface area (Å²) < 4.78 is 15.2. The van der Waals surface area contributed by atoms with Crippen LogP contribution in [-0.2, 0) is 21.5 Å². The number of pyridine rings is 1. The zero-order valence-corrected chi connectivity index (χ0v) is 16.6. The molecule has 0 atom stereocenters. The van der Waals surface area contributed by atoms with E-state index >= 15 is 0 Å². The van der Waals surface area contributed by atoms with E-state index in [2.05, 4.69) is 15.4 Å². The van der Waals surface area contributed by atoms with E-state index in [4.69, 9.17) is 0 Å². The Balaban J connectivity index is 1.52. The SMILES string of the molecule is O=CNc1cc(-c2ccc(F)cc2)c2ccc(Cn3cc(C4(C=O)CC4)cn3)cc2n1. The first-order valence-electron chi connectivity index (χ1n) is 9.99. The third-order valence-corrected chi connectivity index (χ3v) is 5.80. The number of anilines is 1. The average molecular weight is 414 g/mol. The maximum absolute atomic E-state index is 13.4. The fourth-order valence-corrected chi connectivity index (χ4v) is 3.88. The summed E-state index contributed by atoms with van der Waals surface area (Å²) >= 11 is 0. The molecule has 1 saturated carbocycles. The molecule has 2 aromatic carbocycles. The molecule has 6 nitrogen and oxygen atoms in total. The quantitative estimate of drug-likeness (QED) is 0.462. The molecule has 0 spiro atoms. The van der Waals surface area contributed by atoms with Crippen LogP contribution in [0.4, 0.5) is 10.2 Å². The lowest BCUT2D eigenvalue weighted by Crippen LogP contribution is -2.06. The normalized spacial score (nSPS) is 14.4. The molecule has 7 heteroatoms. The van der Waals surface area contributed by atoms with E-state index in [0.717, 1.165) is 46.8 Å². The molecule has 2 aromatic heterocycles. The third kappa shape index (κ3) is 3.59. The number of benzene rings is 2. The Morgan fingerprint density at radius 2 is 1.90 bits per heavy atom. The van der Waals surface area contributed by atoms with Gasteiger partial charge in [0.15, 0.2) is 0 Å². The largest absolute Gasteiger partial charge is 0.313 e. The van der Waals surface area contributed by atoms with Crippen molar-refractivity contribution in [2.24, 2.45) is 0 Å². The summed E-state index contributed by atoms with van der Waals surface area (Å²) in [6.07, 6.45) is 7.04. The Hall–Kier alpha value is -3.87. The van der Waals surface area contributed by atoms with E-state index < -0.39 is 0 Å². The van der Waals surface area contributed by atoms with Gasteiger partial charge >= 0.3 is 0 Å².